The first kappa shape index (κ1) is 17.4. The van der Waals surface area contributed by atoms with Crippen molar-refractivity contribution in [2.24, 2.45) is 5.10 Å². The van der Waals surface area contributed by atoms with E-state index in [2.05, 4.69) is 33.9 Å². The highest BCUT2D eigenvalue weighted by atomic mass is 32.1. The van der Waals surface area contributed by atoms with Crippen LogP contribution in [0.4, 0.5) is 5.13 Å². The summed E-state index contributed by atoms with van der Waals surface area (Å²) < 4.78 is 11.0. The van der Waals surface area contributed by atoms with Crippen molar-refractivity contribution in [1.29, 1.82) is 0 Å². The van der Waals surface area contributed by atoms with Gasteiger partial charge in [-0.25, -0.2) is 4.98 Å². The van der Waals surface area contributed by atoms with Crippen LogP contribution in [0.15, 0.2) is 40.8 Å². The minimum Gasteiger partial charge on any atom is -0.493 e. The number of rotatable bonds is 7. The van der Waals surface area contributed by atoms with Crippen LogP contribution in [0.1, 0.15) is 17.4 Å². The van der Waals surface area contributed by atoms with E-state index in [-0.39, 0.29) is 0 Å². The van der Waals surface area contributed by atoms with Gasteiger partial charge in [0.25, 0.3) is 0 Å². The van der Waals surface area contributed by atoms with Crippen LogP contribution in [-0.2, 0) is 0 Å². The molecule has 130 valence electrons. The number of hydrogen-bond donors (Lipinski definition) is 1. The van der Waals surface area contributed by atoms with Crippen molar-refractivity contribution >= 4 is 34.0 Å². The molecule has 0 radical (unpaired) electrons. The number of aryl methyl sites for hydroxylation is 1. The quantitative estimate of drug-likeness (QED) is 0.466. The average molecular weight is 374 g/mol. The van der Waals surface area contributed by atoms with Gasteiger partial charge in [-0.2, -0.15) is 5.10 Å². The van der Waals surface area contributed by atoms with Gasteiger partial charge in [0, 0.05) is 10.4 Å². The molecule has 0 amide bonds. The Morgan fingerprint density at radius 2 is 2.16 bits per heavy atom. The van der Waals surface area contributed by atoms with Gasteiger partial charge in [0.2, 0.25) is 5.13 Å². The number of aromatic nitrogens is 1. The molecule has 0 saturated carbocycles. The Morgan fingerprint density at radius 3 is 2.88 bits per heavy atom. The summed E-state index contributed by atoms with van der Waals surface area (Å²) >= 11 is 3.27. The van der Waals surface area contributed by atoms with Gasteiger partial charge in [-0.05, 0) is 37.4 Å². The number of nitrogens with one attached hydrogen (secondary N) is 1. The van der Waals surface area contributed by atoms with Crippen LogP contribution >= 0.6 is 22.7 Å². The number of hydrogen-bond acceptors (Lipinski definition) is 7. The van der Waals surface area contributed by atoms with E-state index in [0.717, 1.165) is 26.1 Å². The number of hydrazone groups is 1. The second-order valence-corrected chi connectivity index (χ2v) is 7.23. The van der Waals surface area contributed by atoms with E-state index >= 15 is 0 Å². The van der Waals surface area contributed by atoms with Crippen molar-refractivity contribution in [2.45, 2.75) is 13.8 Å². The zero-order valence-corrected chi connectivity index (χ0v) is 15.9. The van der Waals surface area contributed by atoms with Gasteiger partial charge in [-0.15, -0.1) is 22.7 Å². The van der Waals surface area contributed by atoms with E-state index in [4.69, 9.17) is 9.47 Å². The van der Waals surface area contributed by atoms with E-state index in [1.807, 2.05) is 31.2 Å². The maximum atomic E-state index is 5.68. The standard InChI is InChI=1S/C18H19N3O2S2/c1-4-23-17-13(7-5-8-14(17)22-3)11-19-21-18-20-16(12(2)25-18)15-9-6-10-24-15/h5-11H,4H2,1-3H3,(H,20,21)/b19-11-. The van der Waals surface area contributed by atoms with E-state index in [1.54, 1.807) is 36.0 Å². The van der Waals surface area contributed by atoms with Crippen molar-refractivity contribution < 1.29 is 9.47 Å². The van der Waals surface area contributed by atoms with Crippen LogP contribution in [0.25, 0.3) is 10.6 Å². The molecule has 1 aromatic carbocycles. The van der Waals surface area contributed by atoms with Crippen molar-refractivity contribution in [2.75, 3.05) is 19.1 Å². The lowest BCUT2D eigenvalue weighted by molar-refractivity contribution is 0.310. The summed E-state index contributed by atoms with van der Waals surface area (Å²) in [5.74, 6) is 1.38. The van der Waals surface area contributed by atoms with Gasteiger partial charge >= 0.3 is 0 Å². The van der Waals surface area contributed by atoms with E-state index in [0.29, 0.717) is 18.1 Å². The van der Waals surface area contributed by atoms with Crippen LogP contribution in [0.3, 0.4) is 0 Å². The molecule has 3 rings (SSSR count). The second kappa shape index (κ2) is 8.13. The van der Waals surface area contributed by atoms with E-state index in [1.165, 1.54) is 0 Å². The van der Waals surface area contributed by atoms with E-state index in [9.17, 15) is 0 Å². The van der Waals surface area contributed by atoms with Gasteiger partial charge in [-0.3, -0.25) is 5.43 Å². The lowest BCUT2D eigenvalue weighted by Crippen LogP contribution is -2.00. The normalized spacial score (nSPS) is 11.0. The minimum absolute atomic E-state index is 0.560. The smallest absolute Gasteiger partial charge is 0.204 e. The Bertz CT molecular complexity index is 857. The van der Waals surface area contributed by atoms with Gasteiger partial charge < -0.3 is 9.47 Å². The summed E-state index contributed by atoms with van der Waals surface area (Å²) in [5.41, 5.74) is 4.86. The summed E-state index contributed by atoms with van der Waals surface area (Å²) in [6.45, 7) is 4.57. The third-order valence-corrected chi connectivity index (χ3v) is 5.18. The number of anilines is 1. The molecule has 0 aliphatic heterocycles. The maximum Gasteiger partial charge on any atom is 0.204 e. The first-order valence-electron chi connectivity index (χ1n) is 7.83. The highest BCUT2D eigenvalue weighted by molar-refractivity contribution is 7.17. The highest BCUT2D eigenvalue weighted by Gasteiger charge is 2.11. The number of para-hydroxylation sites is 1. The molecule has 0 unspecified atom stereocenters. The Labute approximate surface area is 155 Å². The Balaban J connectivity index is 1.77. The maximum absolute atomic E-state index is 5.68. The van der Waals surface area contributed by atoms with Gasteiger partial charge in [-0.1, -0.05) is 12.1 Å². The van der Waals surface area contributed by atoms with Crippen LogP contribution in [0.2, 0.25) is 0 Å². The van der Waals surface area contributed by atoms with Crippen LogP contribution in [-0.4, -0.2) is 24.9 Å². The summed E-state index contributed by atoms with van der Waals surface area (Å²) in [6.07, 6.45) is 1.72. The molecule has 0 aliphatic rings. The molecule has 25 heavy (non-hydrogen) atoms. The molecule has 2 aromatic heterocycles. The third-order valence-electron chi connectivity index (χ3n) is 3.43. The summed E-state index contributed by atoms with van der Waals surface area (Å²) in [4.78, 5) is 6.95. The number of ether oxygens (including phenoxy) is 2. The number of nitrogens with zero attached hydrogens (tertiary/aromatic N) is 2. The molecule has 3 aromatic rings. The first-order valence-corrected chi connectivity index (χ1v) is 9.52. The summed E-state index contributed by atoms with van der Waals surface area (Å²) in [6, 6.07) is 9.81. The number of thiophene rings is 1. The van der Waals surface area contributed by atoms with Crippen LogP contribution in [0, 0.1) is 6.92 Å². The Hall–Kier alpha value is -2.38. The average Bonchev–Trinajstić information content (AvgIpc) is 3.26. The number of thiazole rings is 1. The second-order valence-electron chi connectivity index (χ2n) is 5.08. The van der Waals surface area contributed by atoms with Crippen molar-refractivity contribution in [3.05, 3.63) is 46.2 Å². The molecule has 0 saturated heterocycles. The molecule has 0 fully saturated rings. The van der Waals surface area contributed by atoms with Crippen LogP contribution in [0.5, 0.6) is 11.5 Å². The zero-order valence-electron chi connectivity index (χ0n) is 14.3. The van der Waals surface area contributed by atoms with Crippen molar-refractivity contribution in [3.8, 4) is 22.1 Å². The van der Waals surface area contributed by atoms with Gasteiger partial charge in [0.1, 0.15) is 0 Å². The molecular weight excluding hydrogens is 354 g/mol. The molecular formula is C18H19N3O2S2. The topological polar surface area (TPSA) is 55.7 Å². The van der Waals surface area contributed by atoms with Gasteiger partial charge in [0.15, 0.2) is 11.5 Å². The van der Waals surface area contributed by atoms with Crippen LogP contribution < -0.4 is 14.9 Å². The predicted octanol–water partition coefficient (Wildman–Crippen LogP) is 5.03. The Kier molecular flexibility index (Phi) is 5.67. The molecule has 0 bridgehead atoms. The molecule has 7 heteroatoms. The lowest BCUT2D eigenvalue weighted by Gasteiger charge is -2.11. The largest absolute Gasteiger partial charge is 0.493 e. The molecule has 5 nitrogen and oxygen atoms in total. The SMILES string of the molecule is CCOc1c(/C=N\Nc2nc(-c3cccs3)c(C)s2)cccc1OC. The number of benzene rings is 1. The fourth-order valence-electron chi connectivity index (χ4n) is 2.34. The third kappa shape index (κ3) is 4.00. The predicted molar refractivity (Wildman–Crippen MR) is 106 cm³/mol. The minimum atomic E-state index is 0.560. The Morgan fingerprint density at radius 1 is 1.28 bits per heavy atom. The van der Waals surface area contributed by atoms with Crippen molar-refractivity contribution in [3.63, 3.8) is 0 Å². The van der Waals surface area contributed by atoms with Gasteiger partial charge in [0.05, 0.1) is 30.5 Å². The van der Waals surface area contributed by atoms with Crippen molar-refractivity contribution in [1.82, 2.24) is 4.98 Å². The lowest BCUT2D eigenvalue weighted by atomic mass is 10.2. The van der Waals surface area contributed by atoms with E-state index < -0.39 is 0 Å². The first-order chi connectivity index (χ1) is 12.2. The number of methoxy groups -OCH3 is 1. The fourth-order valence-corrected chi connectivity index (χ4v) is 3.95. The molecule has 2 heterocycles. The molecule has 0 spiro atoms. The molecule has 0 aliphatic carbocycles. The summed E-state index contributed by atoms with van der Waals surface area (Å²) in [7, 11) is 1.63. The molecule has 1 N–H and O–H groups in total. The molecule has 0 atom stereocenters. The monoisotopic (exact) mass is 373 g/mol. The highest BCUT2D eigenvalue weighted by Crippen LogP contribution is 2.33. The zero-order chi connectivity index (χ0) is 17.6. The summed E-state index contributed by atoms with van der Waals surface area (Å²) in [5, 5.41) is 7.12. The fraction of sp³-hybridized carbons (Fsp3) is 0.222.